The number of aryl methyl sites for hydroxylation is 1. The van der Waals surface area contributed by atoms with Gasteiger partial charge in [-0.3, -0.25) is 0 Å². The summed E-state index contributed by atoms with van der Waals surface area (Å²) in [6.07, 6.45) is 4.61. The van der Waals surface area contributed by atoms with Crippen LogP contribution in [0.1, 0.15) is 45.9 Å². The third-order valence-electron chi connectivity index (χ3n) is 5.76. The highest BCUT2D eigenvalue weighted by Gasteiger charge is 2.28. The summed E-state index contributed by atoms with van der Waals surface area (Å²) < 4.78 is 0. The van der Waals surface area contributed by atoms with Crippen molar-refractivity contribution < 1.29 is 9.90 Å². The number of nitrogens with zero attached hydrogens (tertiary/aromatic N) is 1. The van der Waals surface area contributed by atoms with Gasteiger partial charge in [0.2, 0.25) is 0 Å². The predicted octanol–water partition coefficient (Wildman–Crippen LogP) is 5.55. The van der Waals surface area contributed by atoms with Crippen LogP contribution in [0.2, 0.25) is 0 Å². The number of carboxylic acid groups (broad SMARTS) is 1. The Morgan fingerprint density at radius 1 is 0.926 bits per heavy atom. The Balaban J connectivity index is 1.82. The molecule has 0 aliphatic heterocycles. The van der Waals surface area contributed by atoms with Crippen LogP contribution in [-0.4, -0.2) is 16.1 Å². The molecule has 3 heteroatoms. The fourth-order valence-electron chi connectivity index (χ4n) is 4.62. The van der Waals surface area contributed by atoms with Crippen molar-refractivity contribution in [2.75, 3.05) is 0 Å². The SMILES string of the molecule is O=C(O)c1ncccc1C1CCCc2ccc3c(ccc4ccccc43)c21. The first-order valence-corrected chi connectivity index (χ1v) is 9.35. The molecule has 0 saturated carbocycles. The van der Waals surface area contributed by atoms with Crippen LogP contribution < -0.4 is 0 Å². The number of carbonyl (C=O) groups is 1. The second kappa shape index (κ2) is 6.20. The molecule has 1 unspecified atom stereocenters. The highest BCUT2D eigenvalue weighted by molar-refractivity contribution is 6.09. The number of aromatic carboxylic acids is 1. The molecule has 1 aliphatic carbocycles. The van der Waals surface area contributed by atoms with E-state index in [0.29, 0.717) is 0 Å². The Morgan fingerprint density at radius 2 is 1.78 bits per heavy atom. The molecule has 0 spiro atoms. The lowest BCUT2D eigenvalue weighted by Gasteiger charge is -2.28. The largest absolute Gasteiger partial charge is 0.477 e. The van der Waals surface area contributed by atoms with Crippen LogP contribution in [0, 0.1) is 0 Å². The first-order valence-electron chi connectivity index (χ1n) is 9.35. The minimum absolute atomic E-state index is 0.0680. The molecule has 1 aliphatic rings. The maximum Gasteiger partial charge on any atom is 0.354 e. The zero-order chi connectivity index (χ0) is 18.4. The fraction of sp³-hybridized carbons (Fsp3) is 0.167. The van der Waals surface area contributed by atoms with Crippen LogP contribution in [0.4, 0.5) is 0 Å². The Hall–Kier alpha value is -3.20. The van der Waals surface area contributed by atoms with Crippen LogP contribution >= 0.6 is 0 Å². The smallest absolute Gasteiger partial charge is 0.354 e. The van der Waals surface area contributed by atoms with E-state index < -0.39 is 5.97 Å². The number of hydrogen-bond donors (Lipinski definition) is 1. The minimum atomic E-state index is -0.955. The summed E-state index contributed by atoms with van der Waals surface area (Å²) >= 11 is 0. The lowest BCUT2D eigenvalue weighted by molar-refractivity contribution is 0.0688. The van der Waals surface area contributed by atoms with Crippen molar-refractivity contribution in [2.24, 2.45) is 0 Å². The molecule has 1 N–H and O–H groups in total. The monoisotopic (exact) mass is 353 g/mol. The summed E-state index contributed by atoms with van der Waals surface area (Å²) in [5, 5.41) is 14.6. The summed E-state index contributed by atoms with van der Waals surface area (Å²) in [7, 11) is 0. The zero-order valence-electron chi connectivity index (χ0n) is 14.9. The van der Waals surface area contributed by atoms with Crippen LogP contribution in [0.5, 0.6) is 0 Å². The topological polar surface area (TPSA) is 50.2 Å². The molecule has 0 bridgehead atoms. The second-order valence-electron chi connectivity index (χ2n) is 7.21. The van der Waals surface area contributed by atoms with Gasteiger partial charge >= 0.3 is 5.97 Å². The molecule has 3 nitrogen and oxygen atoms in total. The van der Waals surface area contributed by atoms with Gasteiger partial charge in [0.15, 0.2) is 5.69 Å². The van der Waals surface area contributed by atoms with Gasteiger partial charge in [-0.05, 0) is 63.6 Å². The molecule has 5 rings (SSSR count). The van der Waals surface area contributed by atoms with E-state index in [9.17, 15) is 9.90 Å². The quantitative estimate of drug-likeness (QED) is 0.480. The number of aromatic nitrogens is 1. The molecular formula is C24H19NO2. The van der Waals surface area contributed by atoms with Gasteiger partial charge in [0, 0.05) is 12.1 Å². The van der Waals surface area contributed by atoms with E-state index in [-0.39, 0.29) is 11.6 Å². The van der Waals surface area contributed by atoms with E-state index in [1.807, 2.05) is 12.1 Å². The van der Waals surface area contributed by atoms with E-state index >= 15 is 0 Å². The number of pyridine rings is 1. The van der Waals surface area contributed by atoms with Crippen molar-refractivity contribution in [3.8, 4) is 0 Å². The van der Waals surface area contributed by atoms with Crippen LogP contribution in [0.3, 0.4) is 0 Å². The molecule has 1 atom stereocenters. The van der Waals surface area contributed by atoms with Gasteiger partial charge in [0.25, 0.3) is 0 Å². The van der Waals surface area contributed by atoms with Crippen molar-refractivity contribution >= 4 is 27.5 Å². The van der Waals surface area contributed by atoms with E-state index in [1.165, 1.54) is 32.7 Å². The molecule has 132 valence electrons. The van der Waals surface area contributed by atoms with E-state index in [0.717, 1.165) is 24.8 Å². The third kappa shape index (κ3) is 2.50. The zero-order valence-corrected chi connectivity index (χ0v) is 14.9. The molecule has 4 aromatic rings. The van der Waals surface area contributed by atoms with Crippen LogP contribution in [0.25, 0.3) is 21.5 Å². The second-order valence-corrected chi connectivity index (χ2v) is 7.21. The Bertz CT molecular complexity index is 1200. The van der Waals surface area contributed by atoms with Gasteiger partial charge in [0.1, 0.15) is 0 Å². The maximum atomic E-state index is 11.8. The van der Waals surface area contributed by atoms with Crippen molar-refractivity contribution in [3.05, 3.63) is 89.2 Å². The summed E-state index contributed by atoms with van der Waals surface area (Å²) in [4.78, 5) is 15.9. The molecule has 27 heavy (non-hydrogen) atoms. The van der Waals surface area contributed by atoms with E-state index in [2.05, 4.69) is 53.5 Å². The molecule has 0 fully saturated rings. The lowest BCUT2D eigenvalue weighted by Crippen LogP contribution is -2.16. The van der Waals surface area contributed by atoms with E-state index in [4.69, 9.17) is 0 Å². The van der Waals surface area contributed by atoms with Gasteiger partial charge in [-0.25, -0.2) is 9.78 Å². The van der Waals surface area contributed by atoms with Crippen molar-refractivity contribution in [3.63, 3.8) is 0 Å². The van der Waals surface area contributed by atoms with E-state index in [1.54, 1.807) is 6.20 Å². The number of fused-ring (bicyclic) bond motifs is 5. The molecule has 0 amide bonds. The molecule has 0 saturated heterocycles. The lowest BCUT2D eigenvalue weighted by atomic mass is 9.76. The number of carboxylic acids is 1. The van der Waals surface area contributed by atoms with Crippen LogP contribution in [-0.2, 0) is 6.42 Å². The third-order valence-corrected chi connectivity index (χ3v) is 5.76. The fourth-order valence-corrected chi connectivity index (χ4v) is 4.62. The highest BCUT2D eigenvalue weighted by Crippen LogP contribution is 2.42. The van der Waals surface area contributed by atoms with Crippen LogP contribution in [0.15, 0.2) is 66.9 Å². The first kappa shape index (κ1) is 16.0. The number of benzene rings is 3. The van der Waals surface area contributed by atoms with Crippen molar-refractivity contribution in [1.82, 2.24) is 4.98 Å². The maximum absolute atomic E-state index is 11.8. The first-order chi connectivity index (χ1) is 13.2. The summed E-state index contributed by atoms with van der Waals surface area (Å²) in [6.45, 7) is 0. The Labute approximate surface area is 157 Å². The van der Waals surface area contributed by atoms with Gasteiger partial charge in [-0.1, -0.05) is 54.6 Å². The summed E-state index contributed by atoms with van der Waals surface area (Å²) in [5.74, 6) is -0.887. The average Bonchev–Trinajstić information content (AvgIpc) is 2.72. The minimum Gasteiger partial charge on any atom is -0.477 e. The molecule has 0 radical (unpaired) electrons. The number of rotatable bonds is 2. The Morgan fingerprint density at radius 3 is 2.67 bits per heavy atom. The summed E-state index contributed by atoms with van der Waals surface area (Å²) in [5.41, 5.74) is 3.61. The van der Waals surface area contributed by atoms with Gasteiger partial charge < -0.3 is 5.11 Å². The van der Waals surface area contributed by atoms with Gasteiger partial charge in [-0.2, -0.15) is 0 Å². The highest BCUT2D eigenvalue weighted by atomic mass is 16.4. The molecule has 1 aromatic heterocycles. The predicted molar refractivity (Wildman–Crippen MR) is 107 cm³/mol. The molecule has 1 heterocycles. The molecule has 3 aromatic carbocycles. The molecular weight excluding hydrogens is 334 g/mol. The van der Waals surface area contributed by atoms with Crippen molar-refractivity contribution in [1.29, 1.82) is 0 Å². The number of hydrogen-bond acceptors (Lipinski definition) is 2. The Kier molecular flexibility index (Phi) is 3.68. The normalized spacial score (nSPS) is 16.4. The summed E-state index contributed by atoms with van der Waals surface area (Å²) in [6, 6.07) is 21.0. The average molecular weight is 353 g/mol. The van der Waals surface area contributed by atoms with Gasteiger partial charge in [0.05, 0.1) is 0 Å². The van der Waals surface area contributed by atoms with Gasteiger partial charge in [-0.15, -0.1) is 0 Å². The van der Waals surface area contributed by atoms with Crippen molar-refractivity contribution in [2.45, 2.75) is 25.2 Å². The standard InChI is InChI=1S/C24H19NO2/c26-24(27)23-21(9-4-14-25-23)19-8-3-6-16-11-12-18-17-7-2-1-5-15(17)10-13-20(18)22(16)19/h1-2,4-5,7,9-14,19H,3,6,8H2,(H,26,27).